The average molecular weight is 458 g/mol. The van der Waals surface area contributed by atoms with Gasteiger partial charge in [0.1, 0.15) is 0 Å². The van der Waals surface area contributed by atoms with Crippen molar-refractivity contribution in [1.82, 2.24) is 19.6 Å². The quantitative estimate of drug-likeness (QED) is 0.275. The number of rotatable bonds is 7. The third-order valence-corrected chi connectivity index (χ3v) is 5.50. The second-order valence-corrected chi connectivity index (χ2v) is 7.95. The van der Waals surface area contributed by atoms with Crippen LogP contribution in [0.15, 0.2) is 0 Å². The number of ether oxygens (including phenoxy) is 1. The molecule has 0 amide bonds. The van der Waals surface area contributed by atoms with Gasteiger partial charge in [-0.15, -0.1) is 0 Å². The summed E-state index contributed by atoms with van der Waals surface area (Å²) in [4.78, 5) is 64.2. The van der Waals surface area contributed by atoms with E-state index in [4.69, 9.17) is 5.11 Å². The summed E-state index contributed by atoms with van der Waals surface area (Å²) in [5, 5.41) is 27.6. The number of hydrogen-bond donors (Lipinski definition) is 3. The van der Waals surface area contributed by atoms with Crippen molar-refractivity contribution in [2.45, 2.75) is 18.9 Å². The Bertz CT molecular complexity index is 669. The maximum atomic E-state index is 11.7. The number of carbonyl (C=O) groups excluding carboxylic acids is 2. The number of carbonyl (C=O) groups is 5. The van der Waals surface area contributed by atoms with Gasteiger partial charge in [-0.05, 0) is 0 Å². The molecule has 13 nitrogen and oxygen atoms in total. The zero-order chi connectivity index (χ0) is 23.7. The minimum Gasteiger partial charge on any atom is -0.480 e. The van der Waals surface area contributed by atoms with Crippen LogP contribution < -0.4 is 0 Å². The van der Waals surface area contributed by atoms with E-state index in [9.17, 15) is 34.2 Å². The molecule has 0 aliphatic carbocycles. The van der Waals surface area contributed by atoms with E-state index < -0.39 is 35.9 Å². The van der Waals surface area contributed by atoms with Crippen LogP contribution in [0.2, 0.25) is 0 Å². The fourth-order valence-corrected chi connectivity index (χ4v) is 3.89. The van der Waals surface area contributed by atoms with Crippen molar-refractivity contribution >= 4 is 29.8 Å². The number of aliphatic carboxylic acids is 3. The lowest BCUT2D eigenvalue weighted by atomic mass is 10.1. The molecule has 0 saturated carbocycles. The highest BCUT2D eigenvalue weighted by Gasteiger charge is 2.32. The first kappa shape index (κ1) is 25.6. The van der Waals surface area contributed by atoms with Crippen molar-refractivity contribution in [3.05, 3.63) is 0 Å². The largest absolute Gasteiger partial charge is 0.480 e. The number of esters is 2. The fourth-order valence-electron chi connectivity index (χ4n) is 3.89. The Morgan fingerprint density at radius 1 is 0.656 bits per heavy atom. The molecule has 2 saturated heterocycles. The molecule has 0 bridgehead atoms. The molecule has 0 unspecified atom stereocenters. The SMILES string of the molecule is O=C(O)CN1CCN(CC(=O)O)CCN(C2CC(=O)OC(=O)C2)CCN(CC(=O)O)CC1. The summed E-state index contributed by atoms with van der Waals surface area (Å²) in [6, 6.07) is -0.409. The zero-order valence-corrected chi connectivity index (χ0v) is 17.8. The Hall–Kier alpha value is -2.61. The average Bonchev–Trinajstić information content (AvgIpc) is 2.66. The van der Waals surface area contributed by atoms with E-state index in [2.05, 4.69) is 4.74 Å². The van der Waals surface area contributed by atoms with Gasteiger partial charge in [0.05, 0.1) is 32.5 Å². The van der Waals surface area contributed by atoms with Crippen molar-refractivity contribution in [3.63, 3.8) is 0 Å². The highest BCUT2D eigenvalue weighted by Crippen LogP contribution is 2.17. The molecule has 2 rings (SSSR count). The van der Waals surface area contributed by atoms with Crippen LogP contribution in [0.3, 0.4) is 0 Å². The lowest BCUT2D eigenvalue weighted by Crippen LogP contribution is -2.51. The third kappa shape index (κ3) is 9.26. The minimum absolute atomic E-state index is 0.0238. The Balaban J connectivity index is 2.18. The van der Waals surface area contributed by atoms with Crippen molar-refractivity contribution in [1.29, 1.82) is 0 Å². The normalized spacial score (nSPS) is 22.0. The van der Waals surface area contributed by atoms with Gasteiger partial charge in [0.25, 0.3) is 0 Å². The highest BCUT2D eigenvalue weighted by molar-refractivity contribution is 5.89. The van der Waals surface area contributed by atoms with Gasteiger partial charge in [0.2, 0.25) is 0 Å². The fraction of sp³-hybridized carbons (Fsp3) is 0.737. The Morgan fingerprint density at radius 2 is 0.969 bits per heavy atom. The van der Waals surface area contributed by atoms with Crippen molar-refractivity contribution in [2.75, 3.05) is 72.0 Å². The second-order valence-electron chi connectivity index (χ2n) is 7.95. The summed E-state index contributed by atoms with van der Waals surface area (Å²) in [7, 11) is 0. The van der Waals surface area contributed by atoms with E-state index in [1.165, 1.54) is 0 Å². The topological polar surface area (TPSA) is 168 Å². The van der Waals surface area contributed by atoms with Gasteiger partial charge >= 0.3 is 29.8 Å². The lowest BCUT2D eigenvalue weighted by Gasteiger charge is -2.37. The van der Waals surface area contributed by atoms with E-state index in [1.807, 2.05) is 4.90 Å². The Kier molecular flexibility index (Phi) is 9.97. The van der Waals surface area contributed by atoms with E-state index in [1.54, 1.807) is 14.7 Å². The first-order valence-corrected chi connectivity index (χ1v) is 10.4. The lowest BCUT2D eigenvalue weighted by molar-refractivity contribution is -0.166. The van der Waals surface area contributed by atoms with Crippen LogP contribution in [0.5, 0.6) is 0 Å². The molecule has 2 aliphatic heterocycles. The van der Waals surface area contributed by atoms with Crippen LogP contribution >= 0.6 is 0 Å². The Morgan fingerprint density at radius 3 is 1.28 bits per heavy atom. The Labute approximate surface area is 185 Å². The van der Waals surface area contributed by atoms with Gasteiger partial charge in [0.15, 0.2) is 0 Å². The molecule has 2 fully saturated rings. The highest BCUT2D eigenvalue weighted by atomic mass is 16.6. The van der Waals surface area contributed by atoms with Crippen molar-refractivity contribution in [2.24, 2.45) is 0 Å². The van der Waals surface area contributed by atoms with E-state index >= 15 is 0 Å². The van der Waals surface area contributed by atoms with E-state index in [-0.39, 0.29) is 32.5 Å². The molecule has 0 aromatic carbocycles. The molecule has 0 spiro atoms. The van der Waals surface area contributed by atoms with Crippen LogP contribution in [-0.2, 0) is 28.7 Å². The molecular weight excluding hydrogens is 428 g/mol. The molecule has 13 heteroatoms. The molecule has 180 valence electrons. The molecule has 0 atom stereocenters. The molecule has 2 heterocycles. The van der Waals surface area contributed by atoms with Gasteiger partial charge in [-0.1, -0.05) is 0 Å². The predicted molar refractivity (Wildman–Crippen MR) is 108 cm³/mol. The number of carboxylic acids is 3. The minimum atomic E-state index is -1.02. The molecule has 3 N–H and O–H groups in total. The molecule has 0 radical (unpaired) electrons. The summed E-state index contributed by atoms with van der Waals surface area (Å²) in [6.07, 6.45) is 0.0476. The zero-order valence-electron chi connectivity index (χ0n) is 17.8. The van der Waals surface area contributed by atoms with Gasteiger partial charge in [-0.25, -0.2) is 0 Å². The van der Waals surface area contributed by atoms with Crippen LogP contribution in [0.4, 0.5) is 0 Å². The van der Waals surface area contributed by atoms with Crippen LogP contribution in [0, 0.1) is 0 Å². The third-order valence-electron chi connectivity index (χ3n) is 5.50. The maximum Gasteiger partial charge on any atom is 0.317 e. The van der Waals surface area contributed by atoms with Gasteiger partial charge in [-0.2, -0.15) is 0 Å². The number of nitrogens with zero attached hydrogens (tertiary/aromatic N) is 4. The summed E-state index contributed by atoms with van der Waals surface area (Å²) < 4.78 is 4.60. The first-order valence-electron chi connectivity index (χ1n) is 10.4. The monoisotopic (exact) mass is 458 g/mol. The summed E-state index contributed by atoms with van der Waals surface area (Å²) in [5.41, 5.74) is 0. The summed E-state index contributed by atoms with van der Waals surface area (Å²) >= 11 is 0. The smallest absolute Gasteiger partial charge is 0.317 e. The van der Waals surface area contributed by atoms with Gasteiger partial charge in [-0.3, -0.25) is 43.6 Å². The number of cyclic esters (lactones) is 2. The van der Waals surface area contributed by atoms with Gasteiger partial charge < -0.3 is 20.1 Å². The van der Waals surface area contributed by atoms with Crippen LogP contribution in [-0.4, -0.2) is 143 Å². The van der Waals surface area contributed by atoms with Gasteiger partial charge in [0, 0.05) is 58.4 Å². The maximum absolute atomic E-state index is 11.7. The molecular formula is C19H30N4O9. The second kappa shape index (κ2) is 12.4. The molecule has 32 heavy (non-hydrogen) atoms. The molecule has 0 aromatic heterocycles. The molecule has 2 aliphatic rings. The van der Waals surface area contributed by atoms with Crippen LogP contribution in [0.25, 0.3) is 0 Å². The van der Waals surface area contributed by atoms with E-state index in [0.717, 1.165) is 0 Å². The van der Waals surface area contributed by atoms with E-state index in [0.29, 0.717) is 52.4 Å². The number of carboxylic acid groups (broad SMARTS) is 3. The number of hydrogen-bond acceptors (Lipinski definition) is 10. The molecule has 0 aromatic rings. The summed E-state index contributed by atoms with van der Waals surface area (Å²) in [5.74, 6) is -4.29. The van der Waals surface area contributed by atoms with Crippen molar-refractivity contribution in [3.8, 4) is 0 Å². The predicted octanol–water partition coefficient (Wildman–Crippen LogP) is -2.31. The summed E-state index contributed by atoms with van der Waals surface area (Å²) in [6.45, 7) is 1.88. The first-order chi connectivity index (χ1) is 15.1. The standard InChI is InChI=1S/C19H30N4O9/c24-15(25)11-20-1-3-21(12-16(26)27)5-7-23(14-9-18(30)32-19(31)10-14)8-6-22(4-2-20)13-17(28)29/h14H,1-13H2,(H,24,25)(H,26,27)(H,28,29). The van der Waals surface area contributed by atoms with Crippen molar-refractivity contribution < 1.29 is 44.0 Å². The van der Waals surface area contributed by atoms with Crippen LogP contribution in [0.1, 0.15) is 12.8 Å².